The summed E-state index contributed by atoms with van der Waals surface area (Å²) >= 11 is 1.14. The molecule has 7 nitrogen and oxygen atoms in total. The molecular formula is C18H15FN4O3S. The van der Waals surface area contributed by atoms with E-state index in [1.54, 1.807) is 18.3 Å². The van der Waals surface area contributed by atoms with Gasteiger partial charge in [-0.25, -0.2) is 13.9 Å². The largest absolute Gasteiger partial charge is 0.468 e. The summed E-state index contributed by atoms with van der Waals surface area (Å²) in [6, 6.07) is 6.20. The van der Waals surface area contributed by atoms with Gasteiger partial charge in [-0.3, -0.25) is 9.59 Å². The van der Waals surface area contributed by atoms with Crippen LogP contribution in [0.4, 0.5) is 4.39 Å². The zero-order chi connectivity index (χ0) is 19.0. The summed E-state index contributed by atoms with van der Waals surface area (Å²) in [6.45, 7) is 0. The number of fused-ring (bicyclic) bond motifs is 2. The van der Waals surface area contributed by atoms with Crippen LogP contribution in [0.15, 0.2) is 35.6 Å². The van der Waals surface area contributed by atoms with E-state index in [-0.39, 0.29) is 29.2 Å². The Bertz CT molecular complexity index is 1040. The fraction of sp³-hybridized carbons (Fsp3) is 0.278. The molecule has 0 fully saturated rings. The lowest BCUT2D eigenvalue weighted by atomic mass is 9.82. The van der Waals surface area contributed by atoms with E-state index in [2.05, 4.69) is 19.8 Å². The smallest absolute Gasteiger partial charge is 0.316 e. The molecule has 1 aliphatic rings. The van der Waals surface area contributed by atoms with E-state index >= 15 is 0 Å². The molecule has 9 heteroatoms. The lowest BCUT2D eigenvalue weighted by Gasteiger charge is -2.23. The first-order valence-electron chi connectivity index (χ1n) is 8.28. The molecule has 1 aliphatic carbocycles. The molecule has 3 aromatic rings. The molecule has 27 heavy (non-hydrogen) atoms. The van der Waals surface area contributed by atoms with Crippen molar-refractivity contribution in [3.8, 4) is 0 Å². The van der Waals surface area contributed by atoms with Gasteiger partial charge < -0.3 is 4.74 Å². The van der Waals surface area contributed by atoms with Crippen LogP contribution >= 0.6 is 11.8 Å². The molecule has 0 aliphatic heterocycles. The number of aromatic nitrogens is 4. The van der Waals surface area contributed by atoms with Crippen LogP contribution in [0.3, 0.4) is 0 Å². The lowest BCUT2D eigenvalue weighted by molar-refractivity contribution is -0.137. The highest BCUT2D eigenvalue weighted by Crippen LogP contribution is 2.32. The van der Waals surface area contributed by atoms with Crippen molar-refractivity contribution in [2.45, 2.75) is 23.9 Å². The maximum absolute atomic E-state index is 13.2. The van der Waals surface area contributed by atoms with Crippen molar-refractivity contribution < 1.29 is 18.7 Å². The second-order valence-electron chi connectivity index (χ2n) is 6.18. The van der Waals surface area contributed by atoms with Gasteiger partial charge in [0.05, 0.1) is 24.1 Å². The Balaban J connectivity index is 1.62. The lowest BCUT2D eigenvalue weighted by Crippen LogP contribution is -2.21. The van der Waals surface area contributed by atoms with Gasteiger partial charge in [0, 0.05) is 12.6 Å². The molecule has 0 radical (unpaired) electrons. The van der Waals surface area contributed by atoms with Gasteiger partial charge in [0.2, 0.25) is 5.16 Å². The van der Waals surface area contributed by atoms with Gasteiger partial charge >= 0.3 is 5.97 Å². The average Bonchev–Trinajstić information content (AvgIpc) is 3.07. The van der Waals surface area contributed by atoms with Crippen molar-refractivity contribution in [3.63, 3.8) is 0 Å². The highest BCUT2D eigenvalue weighted by Gasteiger charge is 2.28. The molecule has 1 atom stereocenters. The number of Topliss-reactive ketones (excluding diaryl/α,β-unsaturated/α-hetero) is 1. The van der Waals surface area contributed by atoms with E-state index in [0.717, 1.165) is 17.3 Å². The average molecular weight is 386 g/mol. The summed E-state index contributed by atoms with van der Waals surface area (Å²) in [5.41, 5.74) is 2.09. The van der Waals surface area contributed by atoms with Gasteiger partial charge in [-0.05, 0) is 30.0 Å². The predicted octanol–water partition coefficient (Wildman–Crippen LogP) is 2.44. The van der Waals surface area contributed by atoms with Crippen LogP contribution < -0.4 is 0 Å². The third kappa shape index (κ3) is 3.55. The SMILES string of the molecule is COC(=O)CSc1nc2nc3c(cn2n1)C(=O)C[C@H](c1ccc(F)cc1)C3. The Hall–Kier alpha value is -2.81. The van der Waals surface area contributed by atoms with Gasteiger partial charge in [-0.15, -0.1) is 5.10 Å². The number of carbonyl (C=O) groups is 2. The molecule has 2 aromatic heterocycles. The van der Waals surface area contributed by atoms with E-state index in [1.165, 1.54) is 23.8 Å². The molecule has 0 saturated carbocycles. The van der Waals surface area contributed by atoms with Crippen LogP contribution in [0.1, 0.15) is 34.0 Å². The number of carbonyl (C=O) groups excluding carboxylic acids is 2. The number of rotatable bonds is 4. The first-order valence-corrected chi connectivity index (χ1v) is 9.26. The second-order valence-corrected chi connectivity index (χ2v) is 7.13. The van der Waals surface area contributed by atoms with E-state index < -0.39 is 0 Å². The topological polar surface area (TPSA) is 86.4 Å². The maximum Gasteiger partial charge on any atom is 0.316 e. The van der Waals surface area contributed by atoms with Crippen LogP contribution in [0.2, 0.25) is 0 Å². The van der Waals surface area contributed by atoms with Crippen molar-refractivity contribution in [1.29, 1.82) is 0 Å². The molecule has 0 N–H and O–H groups in total. The highest BCUT2D eigenvalue weighted by atomic mass is 32.2. The molecular weight excluding hydrogens is 371 g/mol. The molecule has 0 bridgehead atoms. The summed E-state index contributed by atoms with van der Waals surface area (Å²) in [7, 11) is 1.32. The number of methoxy groups -OCH3 is 1. The number of esters is 1. The fourth-order valence-corrected chi connectivity index (χ4v) is 3.74. The third-order valence-corrected chi connectivity index (χ3v) is 5.26. The van der Waals surface area contributed by atoms with Crippen molar-refractivity contribution in [2.24, 2.45) is 0 Å². The fourth-order valence-electron chi connectivity index (χ4n) is 3.08. The number of benzene rings is 1. The van der Waals surface area contributed by atoms with Gasteiger partial charge in [0.25, 0.3) is 5.78 Å². The Morgan fingerprint density at radius 3 is 2.81 bits per heavy atom. The minimum absolute atomic E-state index is 0.0285. The summed E-state index contributed by atoms with van der Waals surface area (Å²) < 4.78 is 19.2. The summed E-state index contributed by atoms with van der Waals surface area (Å²) in [6.07, 6.45) is 2.54. The zero-order valence-electron chi connectivity index (χ0n) is 14.4. The minimum atomic E-state index is -0.372. The van der Waals surface area contributed by atoms with Crippen molar-refractivity contribution in [3.05, 3.63) is 53.1 Å². The first kappa shape index (κ1) is 17.6. The molecule has 2 heterocycles. The quantitative estimate of drug-likeness (QED) is 0.503. The second kappa shape index (κ2) is 7.07. The van der Waals surface area contributed by atoms with Crippen LogP contribution in [0.25, 0.3) is 5.78 Å². The number of nitrogens with zero attached hydrogens (tertiary/aromatic N) is 4. The summed E-state index contributed by atoms with van der Waals surface area (Å²) in [4.78, 5) is 32.6. The first-order chi connectivity index (χ1) is 13.0. The van der Waals surface area contributed by atoms with Gasteiger partial charge in [-0.2, -0.15) is 4.98 Å². The van der Waals surface area contributed by atoms with Crippen molar-refractivity contribution >= 4 is 29.3 Å². The Labute approximate surface area is 158 Å². The van der Waals surface area contributed by atoms with Crippen molar-refractivity contribution in [1.82, 2.24) is 19.6 Å². The predicted molar refractivity (Wildman–Crippen MR) is 95.3 cm³/mol. The van der Waals surface area contributed by atoms with Crippen molar-refractivity contribution in [2.75, 3.05) is 12.9 Å². The Morgan fingerprint density at radius 1 is 1.30 bits per heavy atom. The standard InChI is InChI=1S/C18H15FN4O3S/c1-26-16(25)9-27-18-21-17-20-14-6-11(10-2-4-12(19)5-3-10)7-15(24)13(14)8-23(17)22-18/h2-5,8,11H,6-7,9H2,1H3/t11-/m1/s1. The summed E-state index contributed by atoms with van der Waals surface area (Å²) in [5.74, 6) is -0.284. The van der Waals surface area contributed by atoms with E-state index in [0.29, 0.717) is 35.0 Å². The van der Waals surface area contributed by atoms with Gasteiger partial charge in [0.15, 0.2) is 5.78 Å². The molecule has 4 rings (SSSR count). The number of halogens is 1. The number of ether oxygens (including phenoxy) is 1. The molecule has 0 amide bonds. The van der Waals surface area contributed by atoms with Crippen LogP contribution in [-0.4, -0.2) is 44.2 Å². The van der Waals surface area contributed by atoms with Crippen LogP contribution in [0.5, 0.6) is 0 Å². The monoisotopic (exact) mass is 386 g/mol. The Kier molecular flexibility index (Phi) is 4.61. The highest BCUT2D eigenvalue weighted by molar-refractivity contribution is 7.99. The Morgan fingerprint density at radius 2 is 2.07 bits per heavy atom. The van der Waals surface area contributed by atoms with Gasteiger partial charge in [0.1, 0.15) is 5.82 Å². The number of hydrogen-bond donors (Lipinski definition) is 0. The van der Waals surface area contributed by atoms with E-state index in [1.807, 2.05) is 0 Å². The molecule has 0 unspecified atom stereocenters. The number of hydrogen-bond acceptors (Lipinski definition) is 7. The number of thioether (sulfide) groups is 1. The van der Waals surface area contributed by atoms with E-state index in [9.17, 15) is 14.0 Å². The van der Waals surface area contributed by atoms with Crippen LogP contribution in [-0.2, 0) is 16.0 Å². The molecule has 1 aromatic carbocycles. The molecule has 0 spiro atoms. The van der Waals surface area contributed by atoms with Crippen LogP contribution in [0, 0.1) is 5.82 Å². The van der Waals surface area contributed by atoms with E-state index in [4.69, 9.17) is 0 Å². The maximum atomic E-state index is 13.2. The minimum Gasteiger partial charge on any atom is -0.468 e. The zero-order valence-corrected chi connectivity index (χ0v) is 15.2. The van der Waals surface area contributed by atoms with Gasteiger partial charge in [-0.1, -0.05) is 23.9 Å². The summed E-state index contributed by atoms with van der Waals surface area (Å²) in [5, 5.41) is 4.64. The normalized spacial score (nSPS) is 16.4. The molecule has 0 saturated heterocycles. The third-order valence-electron chi connectivity index (χ3n) is 4.45. The number of ketones is 1. The molecule has 138 valence electrons.